The molecule has 0 heterocycles. The Kier molecular flexibility index (Phi) is 5.25. The zero-order valence-corrected chi connectivity index (χ0v) is 13.8. The molecule has 0 saturated carbocycles. The van der Waals surface area contributed by atoms with E-state index in [0.29, 0.717) is 5.02 Å². The molecular weight excluding hydrogens is 318 g/mol. The molecule has 0 aliphatic heterocycles. The average molecular weight is 336 g/mol. The molecule has 0 aliphatic rings. The number of aliphatic carboxylic acids is 1. The van der Waals surface area contributed by atoms with Crippen molar-refractivity contribution in [2.24, 2.45) is 0 Å². The van der Waals surface area contributed by atoms with Gasteiger partial charge in [0.1, 0.15) is 16.2 Å². The van der Waals surface area contributed by atoms with Crippen molar-refractivity contribution in [2.75, 3.05) is 13.7 Å². The number of benzene rings is 1. The highest BCUT2D eigenvalue weighted by atomic mass is 35.5. The summed E-state index contributed by atoms with van der Waals surface area (Å²) in [7, 11) is -2.72. The Labute approximate surface area is 129 Å². The highest BCUT2D eigenvalue weighted by Crippen LogP contribution is 2.32. The number of halogens is 1. The molecule has 1 aromatic carbocycles. The molecule has 1 N–H and O–H groups in total. The summed E-state index contributed by atoms with van der Waals surface area (Å²) in [6.45, 7) is 4.25. The van der Waals surface area contributed by atoms with Gasteiger partial charge in [-0.1, -0.05) is 18.5 Å². The topological polar surface area (TPSA) is 83.9 Å². The van der Waals surface area contributed by atoms with E-state index in [-0.39, 0.29) is 17.2 Å². The smallest absolute Gasteiger partial charge is 0.324 e. The molecule has 6 nitrogen and oxygen atoms in total. The summed E-state index contributed by atoms with van der Waals surface area (Å²) in [5.41, 5.74) is -1.59. The summed E-state index contributed by atoms with van der Waals surface area (Å²) >= 11 is 5.82. The molecule has 0 radical (unpaired) electrons. The van der Waals surface area contributed by atoms with Crippen LogP contribution in [0.2, 0.25) is 5.02 Å². The third-order valence-corrected chi connectivity index (χ3v) is 5.55. The summed E-state index contributed by atoms with van der Waals surface area (Å²) in [5.74, 6) is -1.16. The summed E-state index contributed by atoms with van der Waals surface area (Å²) in [4.78, 5) is 11.2. The first-order valence-electron chi connectivity index (χ1n) is 6.18. The normalized spacial score (nSPS) is 12.5. The molecule has 21 heavy (non-hydrogen) atoms. The van der Waals surface area contributed by atoms with E-state index in [2.05, 4.69) is 0 Å². The van der Waals surface area contributed by atoms with Gasteiger partial charge in [0, 0.05) is 17.6 Å². The minimum absolute atomic E-state index is 0.00736. The van der Waals surface area contributed by atoms with Gasteiger partial charge < -0.3 is 9.84 Å². The van der Waals surface area contributed by atoms with Crippen LogP contribution in [0.4, 0.5) is 0 Å². The third kappa shape index (κ3) is 3.30. The number of rotatable bonds is 6. The van der Waals surface area contributed by atoms with Gasteiger partial charge in [0.05, 0.1) is 7.11 Å². The van der Waals surface area contributed by atoms with Crippen LogP contribution in [0, 0.1) is 0 Å². The lowest BCUT2D eigenvalue weighted by molar-refractivity contribution is -0.146. The molecule has 0 amide bonds. The Morgan fingerprint density at radius 2 is 2.00 bits per heavy atom. The zero-order valence-electron chi connectivity index (χ0n) is 12.3. The van der Waals surface area contributed by atoms with Crippen molar-refractivity contribution in [3.63, 3.8) is 0 Å². The number of methoxy groups -OCH3 is 1. The van der Waals surface area contributed by atoms with Crippen molar-refractivity contribution in [2.45, 2.75) is 31.2 Å². The Hall–Kier alpha value is -1.31. The summed E-state index contributed by atoms with van der Waals surface area (Å²) in [6.07, 6.45) is 0. The van der Waals surface area contributed by atoms with Crippen LogP contribution in [0.25, 0.3) is 0 Å². The van der Waals surface area contributed by atoms with Gasteiger partial charge in [-0.3, -0.25) is 4.79 Å². The molecule has 0 aliphatic carbocycles. The maximum atomic E-state index is 12.7. The van der Waals surface area contributed by atoms with Crippen LogP contribution in [-0.4, -0.2) is 43.0 Å². The van der Waals surface area contributed by atoms with E-state index in [9.17, 15) is 18.3 Å². The van der Waals surface area contributed by atoms with Crippen molar-refractivity contribution < 1.29 is 23.1 Å². The van der Waals surface area contributed by atoms with Gasteiger partial charge in [-0.15, -0.1) is 0 Å². The van der Waals surface area contributed by atoms with Crippen molar-refractivity contribution in [3.8, 4) is 5.75 Å². The first-order valence-corrected chi connectivity index (χ1v) is 8.00. The predicted molar refractivity (Wildman–Crippen MR) is 79.3 cm³/mol. The molecule has 0 bridgehead atoms. The molecule has 0 spiro atoms. The number of nitrogens with zero attached hydrogens (tertiary/aromatic N) is 1. The minimum Gasteiger partial charge on any atom is -0.495 e. The molecule has 0 fully saturated rings. The highest BCUT2D eigenvalue weighted by Gasteiger charge is 2.42. The Balaban J connectivity index is 3.49. The highest BCUT2D eigenvalue weighted by molar-refractivity contribution is 7.89. The third-order valence-electron chi connectivity index (χ3n) is 3.13. The van der Waals surface area contributed by atoms with Crippen LogP contribution < -0.4 is 4.74 Å². The molecule has 1 rings (SSSR count). The molecule has 8 heteroatoms. The van der Waals surface area contributed by atoms with Gasteiger partial charge in [-0.25, -0.2) is 8.42 Å². The second-order valence-corrected chi connectivity index (χ2v) is 7.10. The largest absolute Gasteiger partial charge is 0.495 e. The number of sulfonamides is 1. The molecule has 0 aromatic heterocycles. The minimum atomic E-state index is -4.04. The van der Waals surface area contributed by atoms with Crippen molar-refractivity contribution >= 4 is 27.6 Å². The van der Waals surface area contributed by atoms with E-state index < -0.39 is 21.5 Å². The van der Waals surface area contributed by atoms with Crippen LogP contribution in [0.15, 0.2) is 23.1 Å². The number of carboxylic acids is 1. The summed E-state index contributed by atoms with van der Waals surface area (Å²) in [5, 5.41) is 9.59. The van der Waals surface area contributed by atoms with Gasteiger partial charge in [0.25, 0.3) is 0 Å². The second kappa shape index (κ2) is 6.21. The van der Waals surface area contributed by atoms with Crippen LogP contribution in [0.3, 0.4) is 0 Å². The molecule has 0 atom stereocenters. The van der Waals surface area contributed by atoms with Crippen LogP contribution in [-0.2, 0) is 14.8 Å². The van der Waals surface area contributed by atoms with Crippen molar-refractivity contribution in [1.82, 2.24) is 4.31 Å². The lowest BCUT2D eigenvalue weighted by Gasteiger charge is -2.33. The van der Waals surface area contributed by atoms with Crippen LogP contribution >= 0.6 is 11.6 Å². The second-order valence-electron chi connectivity index (χ2n) is 4.83. The van der Waals surface area contributed by atoms with Gasteiger partial charge in [0.2, 0.25) is 10.0 Å². The maximum Gasteiger partial charge on any atom is 0.324 e. The fraction of sp³-hybridized carbons (Fsp3) is 0.462. The van der Waals surface area contributed by atoms with Gasteiger partial charge in [0.15, 0.2) is 0 Å². The predicted octanol–water partition coefficient (Wildman–Crippen LogP) is 2.22. The lowest BCUT2D eigenvalue weighted by atomic mass is 10.1. The first-order chi connectivity index (χ1) is 9.58. The Morgan fingerprint density at radius 3 is 2.43 bits per heavy atom. The van der Waals surface area contributed by atoms with E-state index in [0.717, 1.165) is 4.31 Å². The quantitative estimate of drug-likeness (QED) is 0.861. The van der Waals surface area contributed by atoms with Crippen LogP contribution in [0.1, 0.15) is 20.8 Å². The van der Waals surface area contributed by atoms with Crippen molar-refractivity contribution in [1.29, 1.82) is 0 Å². The van der Waals surface area contributed by atoms with Gasteiger partial charge in [-0.05, 0) is 26.0 Å². The fourth-order valence-electron chi connectivity index (χ4n) is 1.95. The Bertz CT molecular complexity index is 642. The number of carbonyl (C=O) groups is 1. The standard InChI is InChI=1S/C13H18ClNO5S/c1-5-15(13(2,3)12(16)17)21(18,19)11-7-6-9(14)8-10(11)20-4/h6-8H,5H2,1-4H3,(H,16,17). The fourth-order valence-corrected chi connectivity index (χ4v) is 4.00. The zero-order chi connectivity index (χ0) is 16.4. The Morgan fingerprint density at radius 1 is 1.43 bits per heavy atom. The molecule has 1 aromatic rings. The summed E-state index contributed by atoms with van der Waals surface area (Å²) in [6, 6.07) is 4.09. The van der Waals surface area contributed by atoms with Gasteiger partial charge >= 0.3 is 5.97 Å². The molecule has 0 saturated heterocycles. The molecule has 118 valence electrons. The first kappa shape index (κ1) is 17.7. The van der Waals surface area contributed by atoms with Gasteiger partial charge in [-0.2, -0.15) is 4.31 Å². The lowest BCUT2D eigenvalue weighted by Crippen LogP contribution is -2.52. The monoisotopic (exact) mass is 335 g/mol. The van der Waals surface area contributed by atoms with E-state index in [4.69, 9.17) is 16.3 Å². The van der Waals surface area contributed by atoms with Crippen molar-refractivity contribution in [3.05, 3.63) is 23.2 Å². The van der Waals surface area contributed by atoms with E-state index >= 15 is 0 Å². The number of hydrogen-bond donors (Lipinski definition) is 1. The SMILES string of the molecule is CCN(C(C)(C)C(=O)O)S(=O)(=O)c1ccc(Cl)cc1OC. The van der Waals surface area contributed by atoms with E-state index in [1.807, 2.05) is 0 Å². The number of carboxylic acid groups (broad SMARTS) is 1. The summed E-state index contributed by atoms with van der Waals surface area (Å²) < 4.78 is 31.4. The molecular formula is C13H18ClNO5S. The van der Waals surface area contributed by atoms with Crippen LogP contribution in [0.5, 0.6) is 5.75 Å². The number of ether oxygens (including phenoxy) is 1. The number of hydrogen-bond acceptors (Lipinski definition) is 4. The van der Waals surface area contributed by atoms with E-state index in [1.165, 1.54) is 39.2 Å². The van der Waals surface area contributed by atoms with E-state index in [1.54, 1.807) is 6.92 Å². The average Bonchev–Trinajstić information content (AvgIpc) is 2.37. The number of likely N-dealkylation sites (N-methyl/N-ethyl adjacent to an activating group) is 1. The maximum absolute atomic E-state index is 12.7. The molecule has 0 unspecified atom stereocenters.